The molecule has 120 valence electrons. The van der Waals surface area contributed by atoms with Crippen LogP contribution in [-0.2, 0) is 14.8 Å². The molecule has 9 heteroatoms. The van der Waals surface area contributed by atoms with E-state index in [1.165, 1.54) is 22.5 Å². The molecule has 2 saturated heterocycles. The third kappa shape index (κ3) is 2.67. The molecule has 1 aromatic rings. The van der Waals surface area contributed by atoms with Gasteiger partial charge >= 0.3 is 0 Å². The van der Waals surface area contributed by atoms with E-state index in [0.717, 1.165) is 19.5 Å². The van der Waals surface area contributed by atoms with E-state index in [0.29, 0.717) is 18.9 Å². The lowest BCUT2D eigenvalue weighted by Crippen LogP contribution is -2.40. The zero-order chi connectivity index (χ0) is 15.7. The highest BCUT2D eigenvalue weighted by Crippen LogP contribution is 2.34. The van der Waals surface area contributed by atoms with Crippen LogP contribution in [0.5, 0.6) is 0 Å². The molecule has 2 heterocycles. The average molecular weight is 327 g/mol. The zero-order valence-electron chi connectivity index (χ0n) is 12.0. The number of hydrogen-bond acceptors (Lipinski definition) is 6. The highest BCUT2D eigenvalue weighted by molar-refractivity contribution is 7.89. The number of nitrogens with zero attached hydrogens (tertiary/aromatic N) is 3. The molecule has 0 unspecified atom stereocenters. The van der Waals surface area contributed by atoms with Crippen LogP contribution in [0.2, 0.25) is 0 Å². The van der Waals surface area contributed by atoms with Crippen LogP contribution in [-0.4, -0.2) is 57.0 Å². The van der Waals surface area contributed by atoms with Crippen LogP contribution in [0.4, 0.5) is 11.4 Å². The summed E-state index contributed by atoms with van der Waals surface area (Å²) in [5, 5.41) is 11.3. The number of ether oxygens (including phenoxy) is 1. The van der Waals surface area contributed by atoms with E-state index in [-0.39, 0.29) is 23.7 Å². The Kier molecular flexibility index (Phi) is 4.02. The largest absolute Gasteiger partial charge is 0.379 e. The summed E-state index contributed by atoms with van der Waals surface area (Å²) in [6.07, 6.45) is 0.991. The Morgan fingerprint density at radius 2 is 1.82 bits per heavy atom. The van der Waals surface area contributed by atoms with Crippen LogP contribution < -0.4 is 4.90 Å². The molecular formula is C13H17N3O5S. The molecule has 8 nitrogen and oxygen atoms in total. The summed E-state index contributed by atoms with van der Waals surface area (Å²) in [7, 11) is -3.72. The zero-order valence-corrected chi connectivity index (χ0v) is 12.8. The second-order valence-electron chi connectivity index (χ2n) is 5.26. The summed E-state index contributed by atoms with van der Waals surface area (Å²) < 4.78 is 31.6. The normalized spacial score (nSPS) is 19.7. The van der Waals surface area contributed by atoms with Gasteiger partial charge in [-0.1, -0.05) is 0 Å². The van der Waals surface area contributed by atoms with Gasteiger partial charge in [0.15, 0.2) is 0 Å². The first-order valence-corrected chi connectivity index (χ1v) is 8.55. The van der Waals surface area contributed by atoms with E-state index >= 15 is 0 Å². The maximum Gasteiger partial charge on any atom is 0.293 e. The molecule has 0 atom stereocenters. The second kappa shape index (κ2) is 5.82. The van der Waals surface area contributed by atoms with E-state index < -0.39 is 14.9 Å². The number of nitro benzene ring substituents is 1. The molecule has 2 aliphatic rings. The highest BCUT2D eigenvalue weighted by atomic mass is 32.2. The van der Waals surface area contributed by atoms with Crippen molar-refractivity contribution in [3.8, 4) is 0 Å². The van der Waals surface area contributed by atoms with Crippen molar-refractivity contribution in [1.29, 1.82) is 0 Å². The lowest BCUT2D eigenvalue weighted by Gasteiger charge is -2.33. The first kappa shape index (κ1) is 15.2. The molecule has 0 bridgehead atoms. The lowest BCUT2D eigenvalue weighted by molar-refractivity contribution is -0.384. The van der Waals surface area contributed by atoms with Gasteiger partial charge in [-0.2, -0.15) is 4.31 Å². The fourth-order valence-electron chi connectivity index (χ4n) is 2.57. The molecule has 3 rings (SSSR count). The third-order valence-electron chi connectivity index (χ3n) is 3.95. The van der Waals surface area contributed by atoms with Gasteiger partial charge in [-0.05, 0) is 18.6 Å². The van der Waals surface area contributed by atoms with Crippen LogP contribution in [0.1, 0.15) is 6.42 Å². The van der Waals surface area contributed by atoms with E-state index in [4.69, 9.17) is 4.74 Å². The highest BCUT2D eigenvalue weighted by Gasteiger charge is 2.30. The summed E-state index contributed by atoms with van der Waals surface area (Å²) in [6.45, 7) is 2.74. The minimum Gasteiger partial charge on any atom is -0.379 e. The smallest absolute Gasteiger partial charge is 0.293 e. The van der Waals surface area contributed by atoms with Gasteiger partial charge in [-0.25, -0.2) is 8.42 Å². The topological polar surface area (TPSA) is 93.0 Å². The average Bonchev–Trinajstić information content (AvgIpc) is 2.46. The van der Waals surface area contributed by atoms with Gasteiger partial charge in [0, 0.05) is 32.2 Å². The van der Waals surface area contributed by atoms with Crippen LogP contribution in [0.3, 0.4) is 0 Å². The summed E-state index contributed by atoms with van der Waals surface area (Å²) in [6, 6.07) is 4.15. The molecule has 22 heavy (non-hydrogen) atoms. The third-order valence-corrected chi connectivity index (χ3v) is 5.84. The van der Waals surface area contributed by atoms with E-state index in [1.807, 2.05) is 4.90 Å². The van der Waals surface area contributed by atoms with Crippen molar-refractivity contribution in [2.45, 2.75) is 11.3 Å². The van der Waals surface area contributed by atoms with Crippen molar-refractivity contribution in [2.24, 2.45) is 0 Å². The Morgan fingerprint density at radius 1 is 1.14 bits per heavy atom. The monoisotopic (exact) mass is 327 g/mol. The number of morpholine rings is 1. The van der Waals surface area contributed by atoms with Gasteiger partial charge in [0.05, 0.1) is 23.0 Å². The Bertz CT molecular complexity index is 681. The predicted octanol–water partition coefficient (Wildman–Crippen LogP) is 0.826. The van der Waals surface area contributed by atoms with Crippen molar-refractivity contribution in [3.05, 3.63) is 28.3 Å². The van der Waals surface area contributed by atoms with Gasteiger partial charge in [0.1, 0.15) is 5.69 Å². The number of hydrogen-bond donors (Lipinski definition) is 0. The van der Waals surface area contributed by atoms with Crippen molar-refractivity contribution in [1.82, 2.24) is 4.31 Å². The van der Waals surface area contributed by atoms with Gasteiger partial charge in [0.25, 0.3) is 5.69 Å². The van der Waals surface area contributed by atoms with Crippen LogP contribution in [0, 0.1) is 10.1 Å². The Balaban J connectivity index is 1.96. The first-order valence-electron chi connectivity index (χ1n) is 7.11. The fraction of sp³-hybridized carbons (Fsp3) is 0.538. The standard InChI is InChI=1S/C13H17N3O5S/c17-16(18)13-10-11(2-3-12(13)14-4-1-5-14)22(19,20)15-6-8-21-9-7-15/h2-3,10H,1,4-9H2. The maximum atomic E-state index is 12.6. The molecule has 0 aromatic heterocycles. The van der Waals surface area contributed by atoms with Gasteiger partial charge in [-0.3, -0.25) is 10.1 Å². The first-order chi connectivity index (χ1) is 10.5. The predicted molar refractivity (Wildman–Crippen MR) is 79.5 cm³/mol. The van der Waals surface area contributed by atoms with Crippen LogP contribution >= 0.6 is 0 Å². The number of rotatable bonds is 4. The Morgan fingerprint density at radius 3 is 2.36 bits per heavy atom. The maximum absolute atomic E-state index is 12.6. The van der Waals surface area contributed by atoms with Crippen molar-refractivity contribution in [2.75, 3.05) is 44.3 Å². The summed E-state index contributed by atoms with van der Waals surface area (Å²) >= 11 is 0. The summed E-state index contributed by atoms with van der Waals surface area (Å²) in [5.41, 5.74) is 0.325. The van der Waals surface area contributed by atoms with E-state index in [9.17, 15) is 18.5 Å². The van der Waals surface area contributed by atoms with Crippen molar-refractivity contribution in [3.63, 3.8) is 0 Å². The Hall–Kier alpha value is -1.71. The number of sulfonamides is 1. The molecule has 0 radical (unpaired) electrons. The van der Waals surface area contributed by atoms with Gasteiger partial charge < -0.3 is 9.64 Å². The van der Waals surface area contributed by atoms with Crippen LogP contribution in [0.15, 0.2) is 23.1 Å². The van der Waals surface area contributed by atoms with E-state index in [1.54, 1.807) is 0 Å². The molecule has 0 spiro atoms. The summed E-state index contributed by atoms with van der Waals surface area (Å²) in [5.74, 6) is 0. The SMILES string of the molecule is O=[N+]([O-])c1cc(S(=O)(=O)N2CCOCC2)ccc1N1CCC1. The van der Waals surface area contributed by atoms with Crippen LogP contribution in [0.25, 0.3) is 0 Å². The Labute approximate surface area is 128 Å². The molecular weight excluding hydrogens is 310 g/mol. The van der Waals surface area contributed by atoms with Crippen molar-refractivity contribution >= 4 is 21.4 Å². The molecule has 2 fully saturated rings. The molecule has 0 N–H and O–H groups in total. The molecule has 2 aliphatic heterocycles. The number of benzene rings is 1. The second-order valence-corrected chi connectivity index (χ2v) is 7.20. The quantitative estimate of drug-likeness (QED) is 0.600. The minimum atomic E-state index is -3.72. The number of nitro groups is 1. The summed E-state index contributed by atoms with van der Waals surface area (Å²) in [4.78, 5) is 12.6. The molecule has 0 amide bonds. The molecule has 0 aliphatic carbocycles. The molecule has 1 aromatic carbocycles. The van der Waals surface area contributed by atoms with Crippen molar-refractivity contribution < 1.29 is 18.1 Å². The minimum absolute atomic E-state index is 0.0367. The number of anilines is 1. The van der Waals surface area contributed by atoms with Gasteiger partial charge in [0.2, 0.25) is 10.0 Å². The fourth-order valence-corrected chi connectivity index (χ4v) is 4.00. The van der Waals surface area contributed by atoms with E-state index in [2.05, 4.69) is 0 Å². The lowest BCUT2D eigenvalue weighted by atomic mass is 10.1. The molecule has 0 saturated carbocycles. The van der Waals surface area contributed by atoms with Gasteiger partial charge in [-0.15, -0.1) is 0 Å².